The molecular weight excluding hydrogens is 232 g/mol. The number of carboxylic acids is 1. The minimum Gasteiger partial charge on any atom is -0.481 e. The molecule has 2 heterocycles. The van der Waals surface area contributed by atoms with Crippen molar-refractivity contribution >= 4 is 5.97 Å². The van der Waals surface area contributed by atoms with E-state index in [0.29, 0.717) is 5.88 Å². The molecule has 1 aromatic heterocycles. The Morgan fingerprint density at radius 1 is 1.61 bits per heavy atom. The van der Waals surface area contributed by atoms with Gasteiger partial charge in [-0.2, -0.15) is 0 Å². The van der Waals surface area contributed by atoms with E-state index in [0.717, 1.165) is 25.1 Å². The molecule has 1 N–H and O–H groups in total. The second-order valence-electron chi connectivity index (χ2n) is 4.65. The fourth-order valence-electron chi connectivity index (χ4n) is 2.42. The predicted octanol–water partition coefficient (Wildman–Crippen LogP) is 1.39. The van der Waals surface area contributed by atoms with Crippen molar-refractivity contribution in [3.8, 4) is 5.88 Å². The minimum absolute atomic E-state index is 0.0737. The summed E-state index contributed by atoms with van der Waals surface area (Å²) in [6, 6.07) is 3.86. The number of carboxylic acid groups (broad SMARTS) is 1. The molecule has 1 fully saturated rings. The van der Waals surface area contributed by atoms with E-state index in [-0.39, 0.29) is 12.0 Å². The van der Waals surface area contributed by atoms with Crippen LogP contribution in [-0.4, -0.2) is 40.7 Å². The molecule has 2 atom stereocenters. The Kier molecular flexibility index (Phi) is 3.81. The Balaban J connectivity index is 1.99. The number of hydrogen-bond acceptors (Lipinski definition) is 4. The number of aliphatic carboxylic acids is 1. The maximum Gasteiger partial charge on any atom is 0.308 e. The van der Waals surface area contributed by atoms with Gasteiger partial charge >= 0.3 is 5.97 Å². The number of nitrogens with zero attached hydrogens (tertiary/aromatic N) is 2. The number of rotatable bonds is 4. The number of methoxy groups -OCH3 is 1. The van der Waals surface area contributed by atoms with E-state index < -0.39 is 5.97 Å². The first-order chi connectivity index (χ1) is 8.61. The molecule has 5 nitrogen and oxygen atoms in total. The summed E-state index contributed by atoms with van der Waals surface area (Å²) in [5, 5.41) is 9.08. The first-order valence-electron chi connectivity index (χ1n) is 6.07. The van der Waals surface area contributed by atoms with Gasteiger partial charge in [0.25, 0.3) is 0 Å². The van der Waals surface area contributed by atoms with Gasteiger partial charge in [-0.25, -0.2) is 4.98 Å². The van der Waals surface area contributed by atoms with Gasteiger partial charge in [-0.05, 0) is 25.5 Å². The third-order valence-electron chi connectivity index (χ3n) is 3.60. The van der Waals surface area contributed by atoms with E-state index in [4.69, 9.17) is 9.84 Å². The molecule has 1 aliphatic rings. The van der Waals surface area contributed by atoms with Crippen molar-refractivity contribution in [2.75, 3.05) is 13.7 Å². The predicted molar refractivity (Wildman–Crippen MR) is 66.4 cm³/mol. The normalized spacial score (nSPS) is 24.1. The summed E-state index contributed by atoms with van der Waals surface area (Å²) in [6.07, 6.45) is 2.50. The van der Waals surface area contributed by atoms with Crippen LogP contribution >= 0.6 is 0 Å². The molecule has 0 spiro atoms. The van der Waals surface area contributed by atoms with Gasteiger partial charge in [0.1, 0.15) is 0 Å². The molecule has 0 saturated carbocycles. The fourth-order valence-corrected chi connectivity index (χ4v) is 2.42. The van der Waals surface area contributed by atoms with Crippen LogP contribution in [0.1, 0.15) is 18.9 Å². The molecule has 0 aromatic carbocycles. The Hall–Kier alpha value is -1.62. The van der Waals surface area contributed by atoms with E-state index in [1.54, 1.807) is 13.3 Å². The van der Waals surface area contributed by atoms with Crippen LogP contribution in [0.4, 0.5) is 0 Å². The van der Waals surface area contributed by atoms with Crippen LogP contribution in [0.15, 0.2) is 18.3 Å². The van der Waals surface area contributed by atoms with Crippen molar-refractivity contribution in [2.24, 2.45) is 5.92 Å². The molecular formula is C13H18N2O3. The molecule has 1 saturated heterocycles. The summed E-state index contributed by atoms with van der Waals surface area (Å²) < 4.78 is 5.01. The molecule has 0 amide bonds. The molecule has 2 rings (SSSR count). The Morgan fingerprint density at radius 2 is 2.39 bits per heavy atom. The van der Waals surface area contributed by atoms with Crippen LogP contribution in [-0.2, 0) is 11.3 Å². The number of hydrogen-bond donors (Lipinski definition) is 1. The summed E-state index contributed by atoms with van der Waals surface area (Å²) >= 11 is 0. The van der Waals surface area contributed by atoms with Gasteiger partial charge < -0.3 is 9.84 Å². The van der Waals surface area contributed by atoms with Gasteiger partial charge in [-0.1, -0.05) is 6.07 Å². The maximum atomic E-state index is 11.0. The van der Waals surface area contributed by atoms with Gasteiger partial charge in [-0.3, -0.25) is 9.69 Å². The third-order valence-corrected chi connectivity index (χ3v) is 3.60. The van der Waals surface area contributed by atoms with Gasteiger partial charge in [-0.15, -0.1) is 0 Å². The number of aromatic nitrogens is 1. The van der Waals surface area contributed by atoms with Crippen LogP contribution in [0.5, 0.6) is 5.88 Å². The highest BCUT2D eigenvalue weighted by Crippen LogP contribution is 2.26. The van der Waals surface area contributed by atoms with Crippen LogP contribution in [0.3, 0.4) is 0 Å². The molecule has 5 heteroatoms. The first-order valence-corrected chi connectivity index (χ1v) is 6.07. The molecule has 1 aliphatic heterocycles. The van der Waals surface area contributed by atoms with Crippen LogP contribution in [0.2, 0.25) is 0 Å². The molecule has 0 aliphatic carbocycles. The Bertz CT molecular complexity index is 419. The number of likely N-dealkylation sites (tertiary alicyclic amines) is 1. The minimum atomic E-state index is -0.696. The lowest BCUT2D eigenvalue weighted by atomic mass is 10.0. The van der Waals surface area contributed by atoms with Crippen LogP contribution in [0.25, 0.3) is 0 Å². The Labute approximate surface area is 106 Å². The molecule has 0 radical (unpaired) electrons. The highest BCUT2D eigenvalue weighted by Gasteiger charge is 2.35. The summed E-state index contributed by atoms with van der Waals surface area (Å²) in [7, 11) is 1.59. The molecule has 0 bridgehead atoms. The average molecular weight is 250 g/mol. The van der Waals surface area contributed by atoms with E-state index in [1.165, 1.54) is 0 Å². The van der Waals surface area contributed by atoms with E-state index in [9.17, 15) is 4.79 Å². The van der Waals surface area contributed by atoms with Crippen molar-refractivity contribution in [3.63, 3.8) is 0 Å². The van der Waals surface area contributed by atoms with Crippen LogP contribution in [0, 0.1) is 5.92 Å². The van der Waals surface area contributed by atoms with E-state index in [1.807, 2.05) is 19.1 Å². The lowest BCUT2D eigenvalue weighted by Gasteiger charge is -2.22. The standard InChI is InChI=1S/C13H18N2O3/c1-9-11(13(16)17)5-6-15(9)8-10-3-4-12(18-2)14-7-10/h3-4,7,9,11H,5-6,8H2,1-2H3,(H,16,17). The molecule has 18 heavy (non-hydrogen) atoms. The van der Waals surface area contributed by atoms with Gasteiger partial charge in [0.15, 0.2) is 0 Å². The highest BCUT2D eigenvalue weighted by atomic mass is 16.5. The lowest BCUT2D eigenvalue weighted by Crippen LogP contribution is -2.32. The SMILES string of the molecule is COc1ccc(CN2CCC(C(=O)O)C2C)cn1. The molecule has 1 aromatic rings. The number of carbonyl (C=O) groups is 1. The first kappa shape index (κ1) is 12.8. The molecule has 2 unspecified atom stereocenters. The second kappa shape index (κ2) is 5.35. The lowest BCUT2D eigenvalue weighted by molar-refractivity contribution is -0.142. The zero-order chi connectivity index (χ0) is 13.1. The summed E-state index contributed by atoms with van der Waals surface area (Å²) in [5.41, 5.74) is 1.08. The van der Waals surface area contributed by atoms with Crippen molar-refractivity contribution in [1.82, 2.24) is 9.88 Å². The summed E-state index contributed by atoms with van der Waals surface area (Å²) in [4.78, 5) is 17.4. The average Bonchev–Trinajstić information content (AvgIpc) is 2.72. The molecule has 98 valence electrons. The zero-order valence-corrected chi connectivity index (χ0v) is 10.7. The maximum absolute atomic E-state index is 11.0. The van der Waals surface area contributed by atoms with Crippen LogP contribution < -0.4 is 4.74 Å². The number of ether oxygens (including phenoxy) is 1. The van der Waals surface area contributed by atoms with Gasteiger partial charge in [0.2, 0.25) is 5.88 Å². The fraction of sp³-hybridized carbons (Fsp3) is 0.538. The Morgan fingerprint density at radius 3 is 2.89 bits per heavy atom. The van der Waals surface area contributed by atoms with Crippen molar-refractivity contribution < 1.29 is 14.6 Å². The third kappa shape index (κ3) is 2.61. The monoisotopic (exact) mass is 250 g/mol. The number of pyridine rings is 1. The summed E-state index contributed by atoms with van der Waals surface area (Å²) in [5.74, 6) is -0.356. The summed E-state index contributed by atoms with van der Waals surface area (Å²) in [6.45, 7) is 3.54. The second-order valence-corrected chi connectivity index (χ2v) is 4.65. The quantitative estimate of drug-likeness (QED) is 0.874. The topological polar surface area (TPSA) is 62.7 Å². The van der Waals surface area contributed by atoms with Crippen molar-refractivity contribution in [1.29, 1.82) is 0 Å². The smallest absolute Gasteiger partial charge is 0.308 e. The van der Waals surface area contributed by atoms with Crippen molar-refractivity contribution in [2.45, 2.75) is 25.9 Å². The van der Waals surface area contributed by atoms with E-state index >= 15 is 0 Å². The largest absolute Gasteiger partial charge is 0.481 e. The van der Waals surface area contributed by atoms with E-state index in [2.05, 4.69) is 9.88 Å². The van der Waals surface area contributed by atoms with Crippen molar-refractivity contribution in [3.05, 3.63) is 23.9 Å². The van der Waals surface area contributed by atoms with Gasteiger partial charge in [0.05, 0.1) is 13.0 Å². The highest BCUT2D eigenvalue weighted by molar-refractivity contribution is 5.71. The van der Waals surface area contributed by atoms with Gasteiger partial charge in [0, 0.05) is 24.8 Å². The zero-order valence-electron chi connectivity index (χ0n) is 10.7.